The van der Waals surface area contributed by atoms with Crippen LogP contribution in [-0.4, -0.2) is 33.3 Å². The van der Waals surface area contributed by atoms with E-state index >= 15 is 0 Å². The van der Waals surface area contributed by atoms with Crippen molar-refractivity contribution in [3.63, 3.8) is 0 Å². The number of thiophene rings is 1. The van der Waals surface area contributed by atoms with Gasteiger partial charge in [-0.15, -0.1) is 35.3 Å². The number of aliphatic imine (C=N–C) groups is 1. The summed E-state index contributed by atoms with van der Waals surface area (Å²) in [5.41, 5.74) is 0.996. The smallest absolute Gasteiger partial charge is 0.191 e. The molecule has 0 aliphatic rings. The predicted octanol–water partition coefficient (Wildman–Crippen LogP) is 4.32. The summed E-state index contributed by atoms with van der Waals surface area (Å²) in [6, 6.07) is 10.1. The molecule has 0 saturated heterocycles. The fraction of sp³-hybridized carbons (Fsp3) is 0.450. The molecule has 1 aromatic heterocycles. The summed E-state index contributed by atoms with van der Waals surface area (Å²) in [5, 5.41) is 8.87. The number of hydrogen-bond donors (Lipinski definition) is 2. The molecule has 0 amide bonds. The van der Waals surface area contributed by atoms with Crippen molar-refractivity contribution >= 4 is 41.3 Å². The summed E-state index contributed by atoms with van der Waals surface area (Å²) >= 11 is 1.81. The molecule has 1 aromatic carbocycles. The van der Waals surface area contributed by atoms with Crippen molar-refractivity contribution in [1.29, 1.82) is 0 Å². The molecule has 0 bridgehead atoms. The van der Waals surface area contributed by atoms with Gasteiger partial charge in [-0.3, -0.25) is 0 Å². The largest absolute Gasteiger partial charge is 0.493 e. The van der Waals surface area contributed by atoms with Gasteiger partial charge < -0.3 is 20.1 Å². The highest BCUT2D eigenvalue weighted by Crippen LogP contribution is 2.31. The van der Waals surface area contributed by atoms with Crippen molar-refractivity contribution in [1.82, 2.24) is 10.6 Å². The van der Waals surface area contributed by atoms with Gasteiger partial charge >= 0.3 is 0 Å². The van der Waals surface area contributed by atoms with Gasteiger partial charge in [-0.2, -0.15) is 0 Å². The number of ether oxygens (including phenoxy) is 2. The van der Waals surface area contributed by atoms with Gasteiger partial charge in [0.25, 0.3) is 0 Å². The van der Waals surface area contributed by atoms with Crippen LogP contribution in [0.2, 0.25) is 0 Å². The number of para-hydroxylation sites is 1. The fourth-order valence-electron chi connectivity index (χ4n) is 2.70. The first kappa shape index (κ1) is 23.6. The average molecular weight is 503 g/mol. The molecule has 2 N–H and O–H groups in total. The van der Waals surface area contributed by atoms with Crippen LogP contribution >= 0.6 is 35.3 Å². The minimum Gasteiger partial charge on any atom is -0.493 e. The molecule has 1 atom stereocenters. The van der Waals surface area contributed by atoms with Gasteiger partial charge in [0, 0.05) is 23.5 Å². The maximum atomic E-state index is 5.48. The summed E-state index contributed by atoms with van der Waals surface area (Å²) in [6.07, 6.45) is 1.08. The highest BCUT2D eigenvalue weighted by molar-refractivity contribution is 14.0. The van der Waals surface area contributed by atoms with Crippen LogP contribution in [0.25, 0.3) is 0 Å². The van der Waals surface area contributed by atoms with Crippen LogP contribution in [0.1, 0.15) is 24.3 Å². The molecule has 0 radical (unpaired) electrons. The van der Waals surface area contributed by atoms with E-state index in [0.717, 1.165) is 42.5 Å². The minimum absolute atomic E-state index is 0. The Labute approximate surface area is 183 Å². The Morgan fingerprint density at radius 2 is 1.96 bits per heavy atom. The Morgan fingerprint density at radius 3 is 2.59 bits per heavy atom. The third kappa shape index (κ3) is 7.57. The van der Waals surface area contributed by atoms with Gasteiger partial charge in [0.1, 0.15) is 0 Å². The third-order valence-corrected chi connectivity index (χ3v) is 4.88. The summed E-state index contributed by atoms with van der Waals surface area (Å²) in [4.78, 5) is 6.12. The molecule has 2 rings (SSSR count). The van der Waals surface area contributed by atoms with E-state index in [1.165, 1.54) is 4.88 Å². The number of guanidine groups is 1. The number of nitrogens with zero attached hydrogens (tertiary/aromatic N) is 1. The predicted molar refractivity (Wildman–Crippen MR) is 125 cm³/mol. The molecule has 2 aromatic rings. The van der Waals surface area contributed by atoms with Crippen molar-refractivity contribution in [3.05, 3.63) is 46.2 Å². The molecule has 0 saturated carbocycles. The molecule has 0 aliphatic carbocycles. The van der Waals surface area contributed by atoms with Crippen molar-refractivity contribution in [2.45, 2.75) is 26.8 Å². The molecule has 0 spiro atoms. The van der Waals surface area contributed by atoms with Crippen LogP contribution in [0, 0.1) is 5.92 Å². The maximum Gasteiger partial charge on any atom is 0.191 e. The van der Waals surface area contributed by atoms with E-state index in [-0.39, 0.29) is 24.0 Å². The van der Waals surface area contributed by atoms with Crippen LogP contribution in [0.3, 0.4) is 0 Å². The zero-order valence-electron chi connectivity index (χ0n) is 16.5. The topological polar surface area (TPSA) is 54.9 Å². The molecular formula is C20H30IN3O2S. The van der Waals surface area contributed by atoms with E-state index in [0.29, 0.717) is 12.5 Å². The molecule has 27 heavy (non-hydrogen) atoms. The molecule has 0 aliphatic heterocycles. The molecule has 1 heterocycles. The second kappa shape index (κ2) is 12.8. The van der Waals surface area contributed by atoms with Crippen LogP contribution in [0.4, 0.5) is 0 Å². The third-order valence-electron chi connectivity index (χ3n) is 3.98. The van der Waals surface area contributed by atoms with Gasteiger partial charge in [0.15, 0.2) is 17.5 Å². The van der Waals surface area contributed by atoms with E-state index in [4.69, 9.17) is 14.5 Å². The summed E-state index contributed by atoms with van der Waals surface area (Å²) in [7, 11) is 3.30. The second-order valence-corrected chi connectivity index (χ2v) is 7.15. The van der Waals surface area contributed by atoms with Gasteiger partial charge in [-0.1, -0.05) is 25.1 Å². The normalized spacial score (nSPS) is 12.1. The van der Waals surface area contributed by atoms with E-state index in [1.54, 1.807) is 14.2 Å². The van der Waals surface area contributed by atoms with E-state index in [1.807, 2.05) is 29.5 Å². The Kier molecular flexibility index (Phi) is 11.2. The molecule has 7 heteroatoms. The van der Waals surface area contributed by atoms with Crippen molar-refractivity contribution in [2.24, 2.45) is 10.9 Å². The summed E-state index contributed by atoms with van der Waals surface area (Å²) in [6.45, 7) is 6.54. The summed E-state index contributed by atoms with van der Waals surface area (Å²) in [5.74, 6) is 2.81. The molecule has 150 valence electrons. The first-order valence-electron chi connectivity index (χ1n) is 8.92. The van der Waals surface area contributed by atoms with Gasteiger partial charge in [0.05, 0.1) is 20.8 Å². The highest BCUT2D eigenvalue weighted by atomic mass is 127. The first-order chi connectivity index (χ1) is 12.7. The van der Waals surface area contributed by atoms with E-state index in [9.17, 15) is 0 Å². The van der Waals surface area contributed by atoms with E-state index in [2.05, 4.69) is 42.0 Å². The monoisotopic (exact) mass is 503 g/mol. The zero-order valence-corrected chi connectivity index (χ0v) is 19.6. The van der Waals surface area contributed by atoms with E-state index < -0.39 is 0 Å². The van der Waals surface area contributed by atoms with Crippen LogP contribution in [-0.2, 0) is 13.0 Å². The van der Waals surface area contributed by atoms with Crippen molar-refractivity contribution in [3.8, 4) is 11.5 Å². The molecule has 0 fully saturated rings. The van der Waals surface area contributed by atoms with Gasteiger partial charge in [0.2, 0.25) is 0 Å². The Morgan fingerprint density at radius 1 is 1.15 bits per heavy atom. The van der Waals surface area contributed by atoms with Crippen molar-refractivity contribution < 1.29 is 9.47 Å². The summed E-state index contributed by atoms with van der Waals surface area (Å²) < 4.78 is 10.8. The molecule has 5 nitrogen and oxygen atoms in total. The van der Waals surface area contributed by atoms with Gasteiger partial charge in [-0.25, -0.2) is 4.99 Å². The highest BCUT2D eigenvalue weighted by Gasteiger charge is 2.10. The zero-order chi connectivity index (χ0) is 18.8. The number of halogens is 1. The maximum absolute atomic E-state index is 5.48. The average Bonchev–Trinajstić information content (AvgIpc) is 3.16. The Balaban J connectivity index is 0.00000364. The van der Waals surface area contributed by atoms with Crippen LogP contribution in [0.15, 0.2) is 40.7 Å². The van der Waals surface area contributed by atoms with Gasteiger partial charge in [-0.05, 0) is 36.8 Å². The SMILES string of the molecule is CCNC(=NCc1cccc(OC)c1OC)NCC(C)Cc1cccs1.I. The number of hydrogen-bond acceptors (Lipinski definition) is 4. The lowest BCUT2D eigenvalue weighted by Gasteiger charge is -2.16. The Bertz CT molecular complexity index is 693. The number of nitrogens with one attached hydrogen (secondary N) is 2. The second-order valence-electron chi connectivity index (χ2n) is 6.12. The standard InChI is InChI=1S/C20H29N3O2S.HI/c1-5-21-20(22-13-15(2)12-17-9-7-11-26-17)23-14-16-8-6-10-18(24-3)19(16)25-4;/h6-11,15H,5,12-14H2,1-4H3,(H2,21,22,23);1H. The van der Waals surface area contributed by atoms with Crippen LogP contribution < -0.4 is 20.1 Å². The number of methoxy groups -OCH3 is 2. The number of rotatable bonds is 9. The quantitative estimate of drug-likeness (QED) is 0.304. The fourth-order valence-corrected chi connectivity index (χ4v) is 3.57. The lowest BCUT2D eigenvalue weighted by Crippen LogP contribution is -2.39. The Hall–Kier alpha value is -1.48. The first-order valence-corrected chi connectivity index (χ1v) is 9.80. The molecular weight excluding hydrogens is 473 g/mol. The number of benzene rings is 1. The lowest BCUT2D eigenvalue weighted by atomic mass is 10.1. The molecule has 1 unspecified atom stereocenters. The van der Waals surface area contributed by atoms with Crippen molar-refractivity contribution in [2.75, 3.05) is 27.3 Å². The van der Waals surface area contributed by atoms with Crippen LogP contribution in [0.5, 0.6) is 11.5 Å². The minimum atomic E-state index is 0. The lowest BCUT2D eigenvalue weighted by molar-refractivity contribution is 0.352.